The van der Waals surface area contributed by atoms with Gasteiger partial charge >= 0.3 is 5.97 Å². The smallest absolute Gasteiger partial charge is 0.307 e. The molecule has 0 aromatic heterocycles. The number of rotatable bonds is 9. The molecule has 172 valence electrons. The van der Waals surface area contributed by atoms with Gasteiger partial charge in [0, 0.05) is 17.8 Å². The standard InChI is InChI=1S/C25H26N2O5S/c1-18-12-14-21(15-13-18)33(30,31)26-17-16-24(28)32-19(2)25(29)27-23-11-7-6-10-22(23)20-8-4-3-5-9-20/h3-15,19,26H,16-17H2,1-2H3,(H,27,29). The molecule has 3 aromatic carbocycles. The number of amides is 1. The van der Waals surface area contributed by atoms with E-state index in [9.17, 15) is 18.0 Å². The summed E-state index contributed by atoms with van der Waals surface area (Å²) in [4.78, 5) is 24.8. The maximum Gasteiger partial charge on any atom is 0.307 e. The third-order valence-electron chi connectivity index (χ3n) is 4.90. The minimum Gasteiger partial charge on any atom is -0.452 e. The van der Waals surface area contributed by atoms with Gasteiger partial charge in [0.25, 0.3) is 5.91 Å². The molecule has 0 saturated heterocycles. The fourth-order valence-corrected chi connectivity index (χ4v) is 4.13. The number of nitrogens with one attached hydrogen (secondary N) is 2. The number of benzene rings is 3. The van der Waals surface area contributed by atoms with Gasteiger partial charge in [-0.2, -0.15) is 0 Å². The Hall–Kier alpha value is -3.49. The molecule has 0 radical (unpaired) electrons. The van der Waals surface area contributed by atoms with E-state index in [0.717, 1.165) is 16.7 Å². The first-order valence-corrected chi connectivity index (χ1v) is 12.0. The number of sulfonamides is 1. The summed E-state index contributed by atoms with van der Waals surface area (Å²) in [6, 6.07) is 23.3. The van der Waals surface area contributed by atoms with E-state index in [1.54, 1.807) is 24.3 Å². The van der Waals surface area contributed by atoms with Crippen LogP contribution in [0.25, 0.3) is 11.1 Å². The lowest BCUT2D eigenvalue weighted by Gasteiger charge is -2.16. The highest BCUT2D eigenvalue weighted by Crippen LogP contribution is 2.27. The first kappa shape index (κ1) is 24.2. The molecule has 0 aliphatic heterocycles. The van der Waals surface area contributed by atoms with Gasteiger partial charge in [0.05, 0.1) is 11.3 Å². The van der Waals surface area contributed by atoms with E-state index in [2.05, 4.69) is 10.0 Å². The normalized spacial score (nSPS) is 12.1. The highest BCUT2D eigenvalue weighted by atomic mass is 32.2. The van der Waals surface area contributed by atoms with Gasteiger partial charge < -0.3 is 10.1 Å². The number of esters is 1. The number of hydrogen-bond acceptors (Lipinski definition) is 5. The van der Waals surface area contributed by atoms with Crippen molar-refractivity contribution in [3.8, 4) is 11.1 Å². The lowest BCUT2D eigenvalue weighted by Crippen LogP contribution is -2.32. The van der Waals surface area contributed by atoms with Gasteiger partial charge in [0.2, 0.25) is 10.0 Å². The van der Waals surface area contributed by atoms with Gasteiger partial charge in [0.15, 0.2) is 6.10 Å². The number of ether oxygens (including phenoxy) is 1. The van der Waals surface area contributed by atoms with Crippen molar-refractivity contribution in [3.63, 3.8) is 0 Å². The molecule has 0 spiro atoms. The summed E-state index contributed by atoms with van der Waals surface area (Å²) in [5.41, 5.74) is 3.33. The van der Waals surface area contributed by atoms with Crippen LogP contribution >= 0.6 is 0 Å². The zero-order valence-corrected chi connectivity index (χ0v) is 19.3. The monoisotopic (exact) mass is 466 g/mol. The molecule has 3 aromatic rings. The second-order valence-electron chi connectivity index (χ2n) is 7.49. The molecular weight excluding hydrogens is 440 g/mol. The molecule has 0 fully saturated rings. The molecular formula is C25H26N2O5S. The van der Waals surface area contributed by atoms with Gasteiger partial charge in [0.1, 0.15) is 0 Å². The van der Waals surface area contributed by atoms with E-state index in [1.165, 1.54) is 19.1 Å². The van der Waals surface area contributed by atoms with Crippen molar-refractivity contribution in [2.75, 3.05) is 11.9 Å². The Kier molecular flexibility index (Phi) is 7.97. The van der Waals surface area contributed by atoms with Crippen LogP contribution in [0, 0.1) is 6.92 Å². The SMILES string of the molecule is Cc1ccc(S(=O)(=O)NCCC(=O)OC(C)C(=O)Nc2ccccc2-c2ccccc2)cc1. The van der Waals surface area contributed by atoms with E-state index in [0.29, 0.717) is 5.69 Å². The minimum absolute atomic E-state index is 0.117. The van der Waals surface area contributed by atoms with Gasteiger partial charge in [-0.05, 0) is 37.6 Å². The molecule has 1 amide bonds. The number of para-hydroxylation sites is 1. The molecule has 0 heterocycles. The number of aryl methyl sites for hydroxylation is 1. The molecule has 3 rings (SSSR count). The van der Waals surface area contributed by atoms with Crippen molar-refractivity contribution in [2.24, 2.45) is 0 Å². The van der Waals surface area contributed by atoms with E-state index in [1.807, 2.05) is 49.4 Å². The number of carbonyl (C=O) groups is 2. The van der Waals surface area contributed by atoms with Crippen molar-refractivity contribution in [1.82, 2.24) is 4.72 Å². The predicted molar refractivity (Wildman–Crippen MR) is 127 cm³/mol. The van der Waals surface area contributed by atoms with Crippen molar-refractivity contribution < 1.29 is 22.7 Å². The van der Waals surface area contributed by atoms with Crippen LogP contribution in [0.15, 0.2) is 83.8 Å². The Balaban J connectivity index is 1.52. The Labute approximate surface area is 193 Å². The van der Waals surface area contributed by atoms with Crippen molar-refractivity contribution in [2.45, 2.75) is 31.3 Å². The molecule has 0 saturated carbocycles. The maximum absolute atomic E-state index is 12.6. The molecule has 8 heteroatoms. The van der Waals surface area contributed by atoms with Crippen LogP contribution in [-0.4, -0.2) is 32.9 Å². The summed E-state index contributed by atoms with van der Waals surface area (Å²) in [5, 5.41) is 2.79. The number of hydrogen-bond donors (Lipinski definition) is 2. The van der Waals surface area contributed by atoms with E-state index < -0.39 is 28.0 Å². The molecule has 2 N–H and O–H groups in total. The Morgan fingerprint density at radius 1 is 0.909 bits per heavy atom. The van der Waals surface area contributed by atoms with E-state index in [4.69, 9.17) is 4.74 Å². The number of carbonyl (C=O) groups excluding carboxylic acids is 2. The average Bonchev–Trinajstić information content (AvgIpc) is 2.80. The molecule has 0 aliphatic carbocycles. The maximum atomic E-state index is 12.6. The van der Waals surface area contributed by atoms with Gasteiger partial charge in [-0.1, -0.05) is 66.2 Å². The molecule has 33 heavy (non-hydrogen) atoms. The van der Waals surface area contributed by atoms with Gasteiger partial charge in [-0.3, -0.25) is 9.59 Å². The zero-order chi connectivity index (χ0) is 23.8. The Bertz CT molecular complexity index is 1210. The van der Waals surface area contributed by atoms with Crippen molar-refractivity contribution in [1.29, 1.82) is 0 Å². The highest BCUT2D eigenvalue weighted by molar-refractivity contribution is 7.89. The van der Waals surface area contributed by atoms with Crippen LogP contribution < -0.4 is 10.0 Å². The minimum atomic E-state index is -3.73. The third kappa shape index (κ3) is 6.74. The van der Waals surface area contributed by atoms with E-state index >= 15 is 0 Å². The fraction of sp³-hybridized carbons (Fsp3) is 0.200. The lowest BCUT2D eigenvalue weighted by atomic mass is 10.0. The summed E-state index contributed by atoms with van der Waals surface area (Å²) in [5.74, 6) is -1.16. The summed E-state index contributed by atoms with van der Waals surface area (Å²) in [6.07, 6.45) is -1.25. The predicted octanol–water partition coefficient (Wildman–Crippen LogP) is 3.90. The van der Waals surface area contributed by atoms with E-state index in [-0.39, 0.29) is 17.9 Å². The Morgan fingerprint density at radius 2 is 1.55 bits per heavy atom. The summed E-state index contributed by atoms with van der Waals surface area (Å²) in [7, 11) is -3.73. The second kappa shape index (κ2) is 10.9. The van der Waals surface area contributed by atoms with Crippen LogP contribution in [0.5, 0.6) is 0 Å². The van der Waals surface area contributed by atoms with Crippen LogP contribution in [0.3, 0.4) is 0 Å². The van der Waals surface area contributed by atoms with Crippen LogP contribution in [-0.2, 0) is 24.3 Å². The fourth-order valence-electron chi connectivity index (χ4n) is 3.09. The first-order chi connectivity index (χ1) is 15.8. The number of anilines is 1. The van der Waals surface area contributed by atoms with Crippen LogP contribution in [0.4, 0.5) is 5.69 Å². The summed E-state index contributed by atoms with van der Waals surface area (Å²) < 4.78 is 32.1. The van der Waals surface area contributed by atoms with Crippen molar-refractivity contribution >= 4 is 27.6 Å². The largest absolute Gasteiger partial charge is 0.452 e. The highest BCUT2D eigenvalue weighted by Gasteiger charge is 2.20. The molecule has 7 nitrogen and oxygen atoms in total. The summed E-state index contributed by atoms with van der Waals surface area (Å²) >= 11 is 0. The lowest BCUT2D eigenvalue weighted by molar-refractivity contribution is -0.152. The summed E-state index contributed by atoms with van der Waals surface area (Å²) in [6.45, 7) is 3.19. The molecule has 1 unspecified atom stereocenters. The first-order valence-electron chi connectivity index (χ1n) is 10.5. The molecule has 0 aliphatic rings. The second-order valence-corrected chi connectivity index (χ2v) is 9.26. The van der Waals surface area contributed by atoms with Gasteiger partial charge in [-0.15, -0.1) is 0 Å². The van der Waals surface area contributed by atoms with Crippen LogP contribution in [0.1, 0.15) is 18.9 Å². The molecule has 0 bridgehead atoms. The quantitative estimate of drug-likeness (QED) is 0.466. The topological polar surface area (TPSA) is 102 Å². The van der Waals surface area contributed by atoms with Crippen LogP contribution in [0.2, 0.25) is 0 Å². The van der Waals surface area contributed by atoms with Gasteiger partial charge in [-0.25, -0.2) is 13.1 Å². The zero-order valence-electron chi connectivity index (χ0n) is 18.4. The molecule has 1 atom stereocenters. The Morgan fingerprint density at radius 3 is 2.24 bits per heavy atom. The average molecular weight is 467 g/mol. The third-order valence-corrected chi connectivity index (χ3v) is 6.38. The van der Waals surface area contributed by atoms with Crippen molar-refractivity contribution in [3.05, 3.63) is 84.4 Å².